The molecule has 11 rings (SSSR count). The summed E-state index contributed by atoms with van der Waals surface area (Å²) in [5, 5.41) is 0. The van der Waals surface area contributed by atoms with Gasteiger partial charge < -0.3 is 4.90 Å². The fourth-order valence-corrected chi connectivity index (χ4v) is 11.8. The molecule has 0 spiro atoms. The van der Waals surface area contributed by atoms with Crippen LogP contribution >= 0.6 is 0 Å². The lowest BCUT2D eigenvalue weighted by atomic mass is 9.50. The Morgan fingerprint density at radius 1 is 0.439 bits per heavy atom. The third-order valence-corrected chi connectivity index (χ3v) is 14.8. The molecule has 4 aliphatic rings. The molecule has 3 bridgehead atoms. The lowest BCUT2D eigenvalue weighted by Gasteiger charge is -2.55. The summed E-state index contributed by atoms with van der Waals surface area (Å²) in [6, 6.07) is 63.7. The maximum absolute atomic E-state index is 2.48. The van der Waals surface area contributed by atoms with Crippen molar-refractivity contribution in [3.8, 4) is 44.5 Å². The first-order valence-corrected chi connectivity index (χ1v) is 21.4. The summed E-state index contributed by atoms with van der Waals surface area (Å²) in [5.74, 6) is 2.95. The van der Waals surface area contributed by atoms with E-state index in [0.717, 1.165) is 29.1 Å². The highest BCUT2D eigenvalue weighted by atomic mass is 15.1. The van der Waals surface area contributed by atoms with Gasteiger partial charge in [0, 0.05) is 22.5 Å². The van der Waals surface area contributed by atoms with Crippen LogP contribution in [0.3, 0.4) is 0 Å². The Morgan fingerprint density at radius 2 is 0.965 bits per heavy atom. The Hall–Kier alpha value is -5.66. The molecule has 4 aliphatic carbocycles. The van der Waals surface area contributed by atoms with Crippen LogP contribution in [0.15, 0.2) is 170 Å². The highest BCUT2D eigenvalue weighted by molar-refractivity contribution is 5.86. The van der Waals surface area contributed by atoms with Crippen molar-refractivity contribution in [3.05, 3.63) is 187 Å². The second-order valence-electron chi connectivity index (χ2n) is 18.3. The summed E-state index contributed by atoms with van der Waals surface area (Å²) >= 11 is 0. The van der Waals surface area contributed by atoms with E-state index in [1.165, 1.54) is 106 Å². The topological polar surface area (TPSA) is 3.24 Å². The fourth-order valence-electron chi connectivity index (χ4n) is 11.8. The maximum atomic E-state index is 2.48. The SMILES string of the molecule is CC1(C)c2ccccc2-c2ccc(N(c3ccc(-c4ccccc4)cc3)c3ccc(-c4ccc(-c5ccc(C67CCC8CCC(CC8C6)C7)cc5)cc4)cc3)cc21. The summed E-state index contributed by atoms with van der Waals surface area (Å²) in [6.45, 7) is 4.72. The molecule has 1 nitrogen and oxygen atoms in total. The van der Waals surface area contributed by atoms with Gasteiger partial charge in [-0.25, -0.2) is 0 Å². The molecule has 7 aromatic rings. The van der Waals surface area contributed by atoms with Crippen molar-refractivity contribution in [2.75, 3.05) is 4.90 Å². The number of hydrogen-bond donors (Lipinski definition) is 0. The molecule has 4 unspecified atom stereocenters. The van der Waals surface area contributed by atoms with Crippen molar-refractivity contribution in [2.45, 2.75) is 69.6 Å². The van der Waals surface area contributed by atoms with Crippen molar-refractivity contribution < 1.29 is 0 Å². The van der Waals surface area contributed by atoms with E-state index in [0.29, 0.717) is 5.41 Å². The Morgan fingerprint density at radius 3 is 1.61 bits per heavy atom. The second-order valence-corrected chi connectivity index (χ2v) is 18.3. The van der Waals surface area contributed by atoms with Crippen LogP contribution in [0, 0.1) is 17.8 Å². The number of nitrogens with zero attached hydrogens (tertiary/aromatic N) is 1. The number of benzene rings is 7. The largest absolute Gasteiger partial charge is 0.310 e. The molecule has 0 radical (unpaired) electrons. The highest BCUT2D eigenvalue weighted by Crippen LogP contribution is 2.59. The minimum absolute atomic E-state index is 0.0727. The lowest BCUT2D eigenvalue weighted by Crippen LogP contribution is -2.46. The summed E-state index contributed by atoms with van der Waals surface area (Å²) in [6.07, 6.45) is 10.2. The molecule has 57 heavy (non-hydrogen) atoms. The second kappa shape index (κ2) is 13.5. The monoisotopic (exact) mass is 737 g/mol. The van der Waals surface area contributed by atoms with E-state index < -0.39 is 0 Å². The predicted octanol–water partition coefficient (Wildman–Crippen LogP) is 15.3. The van der Waals surface area contributed by atoms with Crippen molar-refractivity contribution in [1.82, 2.24) is 0 Å². The predicted molar refractivity (Wildman–Crippen MR) is 239 cm³/mol. The number of anilines is 3. The highest BCUT2D eigenvalue weighted by Gasteiger charge is 2.49. The van der Waals surface area contributed by atoms with Gasteiger partial charge in [-0.15, -0.1) is 0 Å². The number of fused-ring (bicyclic) bond motifs is 5. The van der Waals surface area contributed by atoms with Gasteiger partial charge in [0.25, 0.3) is 0 Å². The van der Waals surface area contributed by atoms with E-state index in [-0.39, 0.29) is 5.41 Å². The molecule has 3 fully saturated rings. The molecule has 4 atom stereocenters. The summed E-state index contributed by atoms with van der Waals surface area (Å²) in [5.41, 5.74) is 18.4. The molecule has 3 saturated carbocycles. The smallest absolute Gasteiger partial charge is 0.0465 e. The lowest BCUT2D eigenvalue weighted by molar-refractivity contribution is 0.00964. The average molecular weight is 738 g/mol. The standard InChI is InChI=1S/C56H51N/c1-55(2)53-11-7-6-10-51(53)52-31-30-50(35-54(52)55)57(48-26-20-43(21-27-48)39-8-4-3-5-9-39)49-28-22-44(23-29-49)41-16-14-40(15-17-41)42-18-24-47(25-19-42)56-33-32-45-13-12-38(36-56)34-46(45)37-56/h3-11,14-31,35,38,45-46H,12-13,32-34,36-37H2,1-2H3. The molecule has 0 N–H and O–H groups in total. The van der Waals surface area contributed by atoms with Crippen molar-refractivity contribution >= 4 is 17.1 Å². The van der Waals surface area contributed by atoms with Gasteiger partial charge in [-0.2, -0.15) is 0 Å². The normalized spacial score (nSPS) is 22.5. The Labute approximate surface area is 339 Å². The van der Waals surface area contributed by atoms with Gasteiger partial charge in [0.05, 0.1) is 0 Å². The van der Waals surface area contributed by atoms with Gasteiger partial charge in [-0.1, -0.05) is 154 Å². The van der Waals surface area contributed by atoms with Crippen LogP contribution < -0.4 is 4.90 Å². The van der Waals surface area contributed by atoms with Gasteiger partial charge in [0.2, 0.25) is 0 Å². The van der Waals surface area contributed by atoms with Gasteiger partial charge in [0.15, 0.2) is 0 Å². The summed E-state index contributed by atoms with van der Waals surface area (Å²) in [7, 11) is 0. The minimum atomic E-state index is -0.0727. The molecular formula is C56H51N. The Bertz CT molecular complexity index is 2560. The number of hydrogen-bond acceptors (Lipinski definition) is 1. The molecule has 7 aromatic carbocycles. The van der Waals surface area contributed by atoms with Gasteiger partial charge in [-0.3, -0.25) is 0 Å². The number of rotatable bonds is 7. The van der Waals surface area contributed by atoms with Gasteiger partial charge in [-0.05, 0) is 159 Å². The maximum Gasteiger partial charge on any atom is 0.0465 e. The van der Waals surface area contributed by atoms with E-state index >= 15 is 0 Å². The first-order valence-electron chi connectivity index (χ1n) is 21.4. The van der Waals surface area contributed by atoms with Gasteiger partial charge >= 0.3 is 0 Å². The van der Waals surface area contributed by atoms with Crippen molar-refractivity contribution in [2.24, 2.45) is 17.8 Å². The molecule has 280 valence electrons. The first-order chi connectivity index (χ1) is 27.9. The quantitative estimate of drug-likeness (QED) is 0.157. The molecule has 0 saturated heterocycles. The summed E-state index contributed by atoms with van der Waals surface area (Å²) in [4.78, 5) is 2.41. The van der Waals surface area contributed by atoms with Crippen LogP contribution in [0.4, 0.5) is 17.1 Å². The van der Waals surface area contributed by atoms with E-state index in [4.69, 9.17) is 0 Å². The molecule has 0 aliphatic heterocycles. The van der Waals surface area contributed by atoms with Crippen LogP contribution in [-0.4, -0.2) is 0 Å². The Kier molecular flexibility index (Phi) is 8.18. The average Bonchev–Trinajstić information content (AvgIpc) is 3.49. The van der Waals surface area contributed by atoms with E-state index in [2.05, 4.69) is 189 Å². The van der Waals surface area contributed by atoms with Crippen molar-refractivity contribution in [1.29, 1.82) is 0 Å². The zero-order valence-corrected chi connectivity index (χ0v) is 33.3. The molecule has 0 aromatic heterocycles. The minimum Gasteiger partial charge on any atom is -0.310 e. The van der Waals surface area contributed by atoms with Gasteiger partial charge in [0.1, 0.15) is 0 Å². The van der Waals surface area contributed by atoms with E-state index in [9.17, 15) is 0 Å². The Balaban J connectivity index is 0.882. The van der Waals surface area contributed by atoms with Crippen LogP contribution in [0.1, 0.15) is 75.5 Å². The third kappa shape index (κ3) is 5.89. The van der Waals surface area contributed by atoms with Crippen LogP contribution in [0.25, 0.3) is 44.5 Å². The van der Waals surface area contributed by atoms with Crippen molar-refractivity contribution in [3.63, 3.8) is 0 Å². The fraction of sp³-hybridized carbons (Fsp3) is 0.250. The van der Waals surface area contributed by atoms with E-state index in [1.54, 1.807) is 5.56 Å². The zero-order chi connectivity index (χ0) is 38.1. The molecular weight excluding hydrogens is 687 g/mol. The first kappa shape index (κ1) is 34.6. The molecule has 0 amide bonds. The summed E-state index contributed by atoms with van der Waals surface area (Å²) < 4.78 is 0. The van der Waals surface area contributed by atoms with Crippen LogP contribution in [0.5, 0.6) is 0 Å². The van der Waals surface area contributed by atoms with Crippen LogP contribution in [0.2, 0.25) is 0 Å². The third-order valence-electron chi connectivity index (χ3n) is 14.8. The molecule has 0 heterocycles. The van der Waals surface area contributed by atoms with Crippen LogP contribution in [-0.2, 0) is 10.8 Å². The molecule has 1 heteroatoms. The zero-order valence-electron chi connectivity index (χ0n) is 33.3. The van der Waals surface area contributed by atoms with E-state index in [1.807, 2.05) is 0 Å².